The van der Waals surface area contributed by atoms with E-state index in [1.54, 1.807) is 13.8 Å². The van der Waals surface area contributed by atoms with E-state index in [-0.39, 0.29) is 6.04 Å². The largest absolute Gasteiger partial charge is 0.326 e. The van der Waals surface area contributed by atoms with Crippen LogP contribution in [0.4, 0.5) is 0 Å². The van der Waals surface area contributed by atoms with Gasteiger partial charge >= 0.3 is 0 Å². The maximum Gasteiger partial charge on any atom is 0.105 e. The minimum Gasteiger partial charge on any atom is -0.326 e. The van der Waals surface area contributed by atoms with Crippen LogP contribution in [0.5, 0.6) is 0 Å². The number of rotatable bonds is 1. The summed E-state index contributed by atoms with van der Waals surface area (Å²) < 4.78 is 0. The van der Waals surface area contributed by atoms with Gasteiger partial charge in [-0.1, -0.05) is 0 Å². The number of hydrogen-bond donors (Lipinski definition) is 1. The molecule has 2 N–H and O–H groups in total. The van der Waals surface area contributed by atoms with Gasteiger partial charge in [-0.2, -0.15) is 0 Å². The Hall–Kier alpha value is -0.0800. The molecule has 2 heteroatoms. The Balaban J connectivity index is 2.99. The van der Waals surface area contributed by atoms with Gasteiger partial charge in [-0.05, 0) is 13.8 Å². The van der Waals surface area contributed by atoms with E-state index in [0.29, 0.717) is 0 Å². The Bertz CT molecular complexity index is 28.5. The van der Waals surface area contributed by atoms with Crippen molar-refractivity contribution in [2.24, 2.45) is 5.73 Å². The van der Waals surface area contributed by atoms with Crippen molar-refractivity contribution in [2.75, 3.05) is 0 Å². The Morgan fingerprint density at radius 2 is 1.67 bits per heavy atom. The van der Waals surface area contributed by atoms with E-state index in [2.05, 4.69) is 0 Å². The van der Waals surface area contributed by atoms with E-state index in [0.717, 1.165) is 0 Å². The monoisotopic (exact) mass is 88.1 g/mol. The summed E-state index contributed by atoms with van der Waals surface area (Å²) in [6.45, 7) is 3.27. The first-order valence-corrected chi connectivity index (χ1v) is 2.06. The van der Waals surface area contributed by atoms with Crippen molar-refractivity contribution in [2.45, 2.75) is 26.0 Å². The predicted molar refractivity (Wildman–Crippen MR) is 23.8 cm³/mol. The molecule has 2 unspecified atom stereocenters. The van der Waals surface area contributed by atoms with E-state index in [1.165, 1.54) is 0 Å². The van der Waals surface area contributed by atoms with Crippen molar-refractivity contribution in [3.8, 4) is 0 Å². The molecule has 0 fully saturated rings. The summed E-state index contributed by atoms with van der Waals surface area (Å²) in [4.78, 5) is 0. The number of nitrogens with two attached hydrogens (primary N) is 1. The molecular weight excluding hydrogens is 78.0 g/mol. The highest BCUT2D eigenvalue weighted by Gasteiger charge is 2.00. The number of hydrogen-bond acceptors (Lipinski definition) is 1. The normalized spacial score (nSPS) is 20.0. The van der Waals surface area contributed by atoms with Crippen LogP contribution >= 0.6 is 0 Å². The average molecular weight is 88.1 g/mol. The molecule has 0 saturated carbocycles. The van der Waals surface area contributed by atoms with Crippen LogP contribution in [0.3, 0.4) is 0 Å². The summed E-state index contributed by atoms with van der Waals surface area (Å²) in [5, 5.41) is 10.1. The van der Waals surface area contributed by atoms with Crippen LogP contribution in [-0.4, -0.2) is 12.1 Å². The van der Waals surface area contributed by atoms with Gasteiger partial charge in [-0.15, -0.1) is 0 Å². The summed E-state index contributed by atoms with van der Waals surface area (Å²) in [6.07, 6.45) is -0.620. The molecule has 6 heavy (non-hydrogen) atoms. The van der Waals surface area contributed by atoms with Crippen LogP contribution in [0.2, 0.25) is 0 Å². The van der Waals surface area contributed by atoms with Gasteiger partial charge in [0.1, 0.15) is 6.10 Å². The topological polar surface area (TPSA) is 45.9 Å². The molecule has 0 aromatic rings. The molecule has 37 valence electrons. The maximum absolute atomic E-state index is 10.1. The zero-order chi connectivity index (χ0) is 5.15. The van der Waals surface area contributed by atoms with Crippen molar-refractivity contribution in [3.63, 3.8) is 0 Å². The molecule has 0 aromatic carbocycles. The van der Waals surface area contributed by atoms with Gasteiger partial charge in [0.05, 0.1) is 0 Å². The standard InChI is InChI=1S/C4H10NO/c1-3(5)4(2)6/h3-4H,5H2,1-2H3. The van der Waals surface area contributed by atoms with E-state index in [9.17, 15) is 5.11 Å². The van der Waals surface area contributed by atoms with Crippen molar-refractivity contribution in [1.29, 1.82) is 0 Å². The Morgan fingerprint density at radius 3 is 1.67 bits per heavy atom. The zero-order valence-corrected chi connectivity index (χ0v) is 4.14. The Labute approximate surface area is 38.0 Å². The molecule has 0 aliphatic carbocycles. The first kappa shape index (κ1) is 5.92. The molecule has 0 rings (SSSR count). The molecular formula is C4H10NO. The molecule has 2 atom stereocenters. The van der Waals surface area contributed by atoms with Gasteiger partial charge in [0.25, 0.3) is 0 Å². The fourth-order valence-corrected chi connectivity index (χ4v) is 0. The fraction of sp³-hybridized carbons (Fsp3) is 1.00. The average Bonchev–Trinajstić information content (AvgIpc) is 1.36. The van der Waals surface area contributed by atoms with E-state index >= 15 is 0 Å². The second kappa shape index (κ2) is 2.16. The second-order valence-electron chi connectivity index (χ2n) is 1.56. The molecule has 0 aliphatic heterocycles. The van der Waals surface area contributed by atoms with Gasteiger partial charge < -0.3 is 5.73 Å². The molecule has 0 saturated heterocycles. The lowest BCUT2D eigenvalue weighted by atomic mass is 10.2. The maximum atomic E-state index is 10.1. The van der Waals surface area contributed by atoms with E-state index in [4.69, 9.17) is 5.73 Å². The van der Waals surface area contributed by atoms with Gasteiger partial charge in [0, 0.05) is 6.04 Å². The predicted octanol–water partition coefficient (Wildman–Crippen LogP) is 0.153. The highest BCUT2D eigenvalue weighted by atomic mass is 16.3. The van der Waals surface area contributed by atoms with Crippen LogP contribution in [0.15, 0.2) is 0 Å². The molecule has 0 bridgehead atoms. The van der Waals surface area contributed by atoms with Crippen LogP contribution in [0.25, 0.3) is 0 Å². The van der Waals surface area contributed by atoms with E-state index < -0.39 is 6.10 Å². The first-order valence-electron chi connectivity index (χ1n) is 2.06. The minimum atomic E-state index is -0.620. The second-order valence-corrected chi connectivity index (χ2v) is 1.56. The summed E-state index contributed by atoms with van der Waals surface area (Å²) in [6, 6.07) is -0.204. The van der Waals surface area contributed by atoms with Crippen LogP contribution < -0.4 is 5.73 Å². The van der Waals surface area contributed by atoms with Crippen LogP contribution in [0, 0.1) is 0 Å². The molecule has 2 nitrogen and oxygen atoms in total. The van der Waals surface area contributed by atoms with Gasteiger partial charge in [0.15, 0.2) is 0 Å². The van der Waals surface area contributed by atoms with Crippen molar-refractivity contribution < 1.29 is 5.11 Å². The molecule has 1 radical (unpaired) electrons. The minimum absolute atomic E-state index is 0.204. The molecule has 0 aromatic heterocycles. The summed E-state index contributed by atoms with van der Waals surface area (Å²) in [7, 11) is 0. The van der Waals surface area contributed by atoms with Crippen molar-refractivity contribution in [3.05, 3.63) is 0 Å². The lowest BCUT2D eigenvalue weighted by molar-refractivity contribution is 0.0870. The van der Waals surface area contributed by atoms with Gasteiger partial charge in [-0.25, -0.2) is 5.11 Å². The molecule has 0 amide bonds. The van der Waals surface area contributed by atoms with Crippen molar-refractivity contribution in [1.82, 2.24) is 0 Å². The van der Waals surface area contributed by atoms with E-state index in [1.807, 2.05) is 0 Å². The zero-order valence-electron chi connectivity index (χ0n) is 4.14. The third kappa shape index (κ3) is 2.18. The quantitative estimate of drug-likeness (QED) is 0.487. The third-order valence-corrected chi connectivity index (χ3v) is 0.740. The lowest BCUT2D eigenvalue weighted by Crippen LogP contribution is -2.27. The first-order chi connectivity index (χ1) is 2.64. The SMILES string of the molecule is CC(N)C(C)[O]. The van der Waals surface area contributed by atoms with Crippen molar-refractivity contribution >= 4 is 0 Å². The van der Waals surface area contributed by atoms with Gasteiger partial charge in [-0.3, -0.25) is 0 Å². The third-order valence-electron chi connectivity index (χ3n) is 0.740. The summed E-state index contributed by atoms with van der Waals surface area (Å²) in [5.74, 6) is 0. The summed E-state index contributed by atoms with van der Waals surface area (Å²) in [5.41, 5.74) is 5.12. The highest BCUT2D eigenvalue weighted by Crippen LogP contribution is 1.83. The molecule has 0 aliphatic rings. The molecule has 0 spiro atoms. The molecule has 0 heterocycles. The van der Waals surface area contributed by atoms with Crippen LogP contribution in [0.1, 0.15) is 13.8 Å². The Morgan fingerprint density at radius 1 is 1.50 bits per heavy atom. The van der Waals surface area contributed by atoms with Crippen LogP contribution in [-0.2, 0) is 5.11 Å². The fourth-order valence-electron chi connectivity index (χ4n) is 0. The summed E-state index contributed by atoms with van der Waals surface area (Å²) >= 11 is 0. The smallest absolute Gasteiger partial charge is 0.105 e. The Kier molecular flexibility index (Phi) is 2.13. The lowest BCUT2D eigenvalue weighted by Gasteiger charge is -2.02. The highest BCUT2D eigenvalue weighted by molar-refractivity contribution is 4.57. The van der Waals surface area contributed by atoms with Gasteiger partial charge in [0.2, 0.25) is 0 Å².